The number of carbonyl (C=O) groups is 1. The molecule has 5 heteroatoms. The first-order valence-corrected chi connectivity index (χ1v) is 7.52. The van der Waals surface area contributed by atoms with E-state index in [9.17, 15) is 9.18 Å². The van der Waals surface area contributed by atoms with Gasteiger partial charge in [0, 0.05) is 32.8 Å². The number of amides is 1. The monoisotopic (exact) mass is 294 g/mol. The molecule has 0 aromatic heterocycles. The molecule has 1 heterocycles. The van der Waals surface area contributed by atoms with E-state index in [0.29, 0.717) is 31.0 Å². The molecule has 0 unspecified atom stereocenters. The lowest BCUT2D eigenvalue weighted by molar-refractivity contribution is 0.0362. The highest BCUT2D eigenvalue weighted by Gasteiger charge is 2.25. The molecular weight excluding hydrogens is 271 g/mol. The Morgan fingerprint density at radius 2 is 2.14 bits per heavy atom. The van der Waals surface area contributed by atoms with E-state index in [1.165, 1.54) is 6.07 Å². The lowest BCUT2D eigenvalue weighted by atomic mass is 10.1. The first-order valence-electron chi connectivity index (χ1n) is 7.52. The van der Waals surface area contributed by atoms with Crippen molar-refractivity contribution in [2.45, 2.75) is 32.2 Å². The number of rotatable bonds is 5. The van der Waals surface area contributed by atoms with Gasteiger partial charge in [-0.05, 0) is 31.4 Å². The summed E-state index contributed by atoms with van der Waals surface area (Å²) >= 11 is 0. The van der Waals surface area contributed by atoms with Crippen LogP contribution in [0.5, 0.6) is 0 Å². The molecule has 0 aliphatic carbocycles. The number of ether oxygens (including phenoxy) is 1. The number of nitrogens with zero attached hydrogens (tertiary/aromatic N) is 1. The Balaban J connectivity index is 2.19. The van der Waals surface area contributed by atoms with Gasteiger partial charge >= 0.3 is 0 Å². The van der Waals surface area contributed by atoms with Crippen LogP contribution in [0.3, 0.4) is 0 Å². The predicted octanol–water partition coefficient (Wildman–Crippen LogP) is 2.90. The number of benzene rings is 1. The standard InChI is InChI=1S/C16H23FN2O2/c1-3-9-18-15-13(5-4-6-14(15)17)16(20)19(2)12-7-10-21-11-8-12/h4-6,12,18H,3,7-11H2,1-2H3. The minimum Gasteiger partial charge on any atom is -0.382 e. The summed E-state index contributed by atoms with van der Waals surface area (Å²) in [6, 6.07) is 4.80. The van der Waals surface area contributed by atoms with Crippen LogP contribution in [0.4, 0.5) is 10.1 Å². The Morgan fingerprint density at radius 1 is 1.43 bits per heavy atom. The molecule has 1 aliphatic heterocycles. The highest BCUT2D eigenvalue weighted by molar-refractivity contribution is 5.99. The van der Waals surface area contributed by atoms with Crippen LogP contribution >= 0.6 is 0 Å². The topological polar surface area (TPSA) is 41.6 Å². The van der Waals surface area contributed by atoms with Crippen LogP contribution in [0.15, 0.2) is 18.2 Å². The Bertz CT molecular complexity index is 487. The van der Waals surface area contributed by atoms with E-state index in [0.717, 1.165) is 19.3 Å². The van der Waals surface area contributed by atoms with E-state index < -0.39 is 0 Å². The fraction of sp³-hybridized carbons (Fsp3) is 0.562. The van der Waals surface area contributed by atoms with Crippen LogP contribution in [-0.4, -0.2) is 43.7 Å². The molecular formula is C16H23FN2O2. The number of hydrogen-bond donors (Lipinski definition) is 1. The maximum Gasteiger partial charge on any atom is 0.256 e. The number of hydrogen-bond acceptors (Lipinski definition) is 3. The molecule has 1 aromatic rings. The predicted molar refractivity (Wildman–Crippen MR) is 81.1 cm³/mol. The van der Waals surface area contributed by atoms with Gasteiger partial charge in [0.15, 0.2) is 0 Å². The van der Waals surface area contributed by atoms with E-state index in [1.807, 2.05) is 6.92 Å². The van der Waals surface area contributed by atoms with Crippen molar-refractivity contribution in [2.75, 3.05) is 32.1 Å². The molecule has 0 radical (unpaired) electrons. The smallest absolute Gasteiger partial charge is 0.256 e. The number of halogens is 1. The van der Waals surface area contributed by atoms with Gasteiger partial charge in [-0.25, -0.2) is 4.39 Å². The second kappa shape index (κ2) is 7.41. The van der Waals surface area contributed by atoms with Crippen LogP contribution in [-0.2, 0) is 4.74 Å². The molecule has 1 amide bonds. The Kier molecular flexibility index (Phi) is 5.56. The quantitative estimate of drug-likeness (QED) is 0.908. The maximum atomic E-state index is 14.0. The van der Waals surface area contributed by atoms with Crippen molar-refractivity contribution in [1.82, 2.24) is 4.90 Å². The summed E-state index contributed by atoms with van der Waals surface area (Å²) in [5, 5.41) is 3.02. The van der Waals surface area contributed by atoms with Crippen LogP contribution in [0, 0.1) is 5.82 Å². The second-order valence-electron chi connectivity index (χ2n) is 5.35. The summed E-state index contributed by atoms with van der Waals surface area (Å²) in [5.41, 5.74) is 0.709. The van der Waals surface area contributed by atoms with Crippen molar-refractivity contribution >= 4 is 11.6 Å². The summed E-state index contributed by atoms with van der Waals surface area (Å²) in [6.45, 7) is 3.99. The largest absolute Gasteiger partial charge is 0.382 e. The van der Waals surface area contributed by atoms with Gasteiger partial charge in [-0.3, -0.25) is 4.79 Å². The zero-order valence-corrected chi connectivity index (χ0v) is 12.7. The molecule has 0 spiro atoms. The molecule has 1 aromatic carbocycles. The fourth-order valence-corrected chi connectivity index (χ4v) is 2.56. The summed E-state index contributed by atoms with van der Waals surface area (Å²) < 4.78 is 19.3. The molecule has 2 rings (SSSR count). The van der Waals surface area contributed by atoms with Gasteiger partial charge in [-0.15, -0.1) is 0 Å². The third kappa shape index (κ3) is 3.73. The first kappa shape index (κ1) is 15.8. The van der Waals surface area contributed by atoms with Gasteiger partial charge in [-0.1, -0.05) is 13.0 Å². The maximum absolute atomic E-state index is 14.0. The van der Waals surface area contributed by atoms with E-state index in [2.05, 4.69) is 5.32 Å². The van der Waals surface area contributed by atoms with Gasteiger partial charge in [-0.2, -0.15) is 0 Å². The molecule has 1 fully saturated rings. The number of carbonyl (C=O) groups excluding carboxylic acids is 1. The lowest BCUT2D eigenvalue weighted by Crippen LogP contribution is -2.40. The first-order chi connectivity index (χ1) is 10.1. The summed E-state index contributed by atoms with van der Waals surface area (Å²) in [4.78, 5) is 14.4. The molecule has 4 nitrogen and oxygen atoms in total. The highest BCUT2D eigenvalue weighted by atomic mass is 19.1. The SMILES string of the molecule is CCCNc1c(F)cccc1C(=O)N(C)C1CCOCC1. The van der Waals surface area contributed by atoms with Crippen molar-refractivity contribution in [3.05, 3.63) is 29.6 Å². The average Bonchev–Trinajstić information content (AvgIpc) is 2.53. The summed E-state index contributed by atoms with van der Waals surface area (Å²) in [5.74, 6) is -0.519. The Morgan fingerprint density at radius 3 is 2.81 bits per heavy atom. The van der Waals surface area contributed by atoms with Gasteiger partial charge in [0.25, 0.3) is 5.91 Å². The van der Waals surface area contributed by atoms with Crippen molar-refractivity contribution < 1.29 is 13.9 Å². The minimum absolute atomic E-state index is 0.139. The van der Waals surface area contributed by atoms with Gasteiger partial charge in [0.05, 0.1) is 11.3 Å². The lowest BCUT2D eigenvalue weighted by Gasteiger charge is -2.31. The van der Waals surface area contributed by atoms with Crippen LogP contribution in [0.2, 0.25) is 0 Å². The number of nitrogens with one attached hydrogen (secondary N) is 1. The van der Waals surface area contributed by atoms with Crippen LogP contribution in [0.1, 0.15) is 36.5 Å². The van der Waals surface area contributed by atoms with E-state index >= 15 is 0 Å². The third-order valence-corrected chi connectivity index (χ3v) is 3.85. The average molecular weight is 294 g/mol. The number of anilines is 1. The zero-order chi connectivity index (χ0) is 15.2. The van der Waals surface area contributed by atoms with E-state index in [1.54, 1.807) is 24.1 Å². The minimum atomic E-state index is -0.380. The van der Waals surface area contributed by atoms with E-state index in [-0.39, 0.29) is 17.8 Å². The summed E-state index contributed by atoms with van der Waals surface area (Å²) in [7, 11) is 1.78. The molecule has 0 bridgehead atoms. The Hall–Kier alpha value is -1.62. The fourth-order valence-electron chi connectivity index (χ4n) is 2.56. The normalized spacial score (nSPS) is 15.8. The number of para-hydroxylation sites is 1. The van der Waals surface area contributed by atoms with Crippen LogP contribution in [0.25, 0.3) is 0 Å². The molecule has 21 heavy (non-hydrogen) atoms. The summed E-state index contributed by atoms with van der Waals surface area (Å²) in [6.07, 6.45) is 2.53. The molecule has 116 valence electrons. The van der Waals surface area contributed by atoms with Gasteiger partial charge in [0.2, 0.25) is 0 Å². The second-order valence-corrected chi connectivity index (χ2v) is 5.35. The van der Waals surface area contributed by atoms with E-state index in [4.69, 9.17) is 4.74 Å². The zero-order valence-electron chi connectivity index (χ0n) is 12.7. The van der Waals surface area contributed by atoms with Crippen LogP contribution < -0.4 is 5.32 Å². The van der Waals surface area contributed by atoms with Crippen molar-refractivity contribution in [3.63, 3.8) is 0 Å². The highest BCUT2D eigenvalue weighted by Crippen LogP contribution is 2.23. The molecule has 0 saturated carbocycles. The van der Waals surface area contributed by atoms with Gasteiger partial charge in [0.1, 0.15) is 5.82 Å². The molecule has 1 aliphatic rings. The van der Waals surface area contributed by atoms with Crippen molar-refractivity contribution in [1.29, 1.82) is 0 Å². The van der Waals surface area contributed by atoms with Gasteiger partial charge < -0.3 is 15.0 Å². The molecule has 0 atom stereocenters. The Labute approximate surface area is 125 Å². The molecule has 1 saturated heterocycles. The van der Waals surface area contributed by atoms with Crippen molar-refractivity contribution in [3.8, 4) is 0 Å². The van der Waals surface area contributed by atoms with Crippen molar-refractivity contribution in [2.24, 2.45) is 0 Å². The third-order valence-electron chi connectivity index (χ3n) is 3.85. The molecule has 1 N–H and O–H groups in total.